The average molecular weight is 410 g/mol. The van der Waals surface area contributed by atoms with Crippen molar-refractivity contribution in [2.24, 2.45) is 5.41 Å². The molecule has 0 heterocycles. The predicted octanol–water partition coefficient (Wildman–Crippen LogP) is 6.80. The maximum atomic E-state index is 2.68. The van der Waals surface area contributed by atoms with Crippen LogP contribution in [0.5, 0.6) is 0 Å². The van der Waals surface area contributed by atoms with Gasteiger partial charge in [-0.2, -0.15) is 0 Å². The molecule has 0 aromatic heterocycles. The van der Waals surface area contributed by atoms with Gasteiger partial charge < -0.3 is 0 Å². The fraction of sp³-hybridized carbons (Fsp3) is 0.714. The number of benzene rings is 1. The Morgan fingerprint density at radius 3 is 2.00 bits per heavy atom. The lowest BCUT2D eigenvalue weighted by Gasteiger charge is -2.13. The molecule has 2 aliphatic rings. The molecule has 0 saturated heterocycles. The van der Waals surface area contributed by atoms with Gasteiger partial charge in [0.2, 0.25) is 0 Å². The van der Waals surface area contributed by atoms with Crippen molar-refractivity contribution in [1.29, 1.82) is 0 Å². The minimum Gasteiger partial charge on any atom is -0.0789 e. The van der Waals surface area contributed by atoms with Gasteiger partial charge >= 0.3 is 0 Å². The Kier molecular flexibility index (Phi) is 5.21. The van der Waals surface area contributed by atoms with Crippen LogP contribution in [0.2, 0.25) is 0 Å². The fourth-order valence-corrected chi connectivity index (χ4v) is 4.51. The standard InChI is InChI=1S/C21H31I/c1-3-20(10-11-20)8-4-6-18-14-17(2)15-19(16-18)7-5-9-21(22)12-13-21/h14-16H,3-13H2,1-2H3. The molecule has 0 aliphatic heterocycles. The topological polar surface area (TPSA) is 0 Å². The van der Waals surface area contributed by atoms with Crippen molar-refractivity contribution in [2.75, 3.05) is 0 Å². The number of halogens is 1. The summed E-state index contributed by atoms with van der Waals surface area (Å²) in [6.07, 6.45) is 15.4. The van der Waals surface area contributed by atoms with Crippen molar-refractivity contribution in [3.05, 3.63) is 34.9 Å². The van der Waals surface area contributed by atoms with E-state index >= 15 is 0 Å². The summed E-state index contributed by atoms with van der Waals surface area (Å²) in [5.41, 5.74) is 5.37. The van der Waals surface area contributed by atoms with Crippen molar-refractivity contribution in [1.82, 2.24) is 0 Å². The van der Waals surface area contributed by atoms with Gasteiger partial charge in [0.05, 0.1) is 0 Å². The highest BCUT2D eigenvalue weighted by Crippen LogP contribution is 2.52. The number of aryl methyl sites for hydroxylation is 3. The molecule has 22 heavy (non-hydrogen) atoms. The Morgan fingerprint density at radius 1 is 0.909 bits per heavy atom. The minimum atomic E-state index is 0.684. The third-order valence-corrected chi connectivity index (χ3v) is 7.58. The van der Waals surface area contributed by atoms with E-state index in [2.05, 4.69) is 54.6 Å². The van der Waals surface area contributed by atoms with Gasteiger partial charge in [-0.15, -0.1) is 0 Å². The van der Waals surface area contributed by atoms with E-state index in [1.807, 2.05) is 0 Å². The highest BCUT2D eigenvalue weighted by molar-refractivity contribution is 14.1. The van der Waals surface area contributed by atoms with E-state index in [-0.39, 0.29) is 0 Å². The third-order valence-electron chi connectivity index (χ3n) is 5.96. The van der Waals surface area contributed by atoms with E-state index in [1.165, 1.54) is 76.2 Å². The van der Waals surface area contributed by atoms with Crippen LogP contribution in [0.1, 0.15) is 81.4 Å². The molecule has 2 fully saturated rings. The van der Waals surface area contributed by atoms with Gasteiger partial charge in [0, 0.05) is 3.42 Å². The van der Waals surface area contributed by atoms with Crippen LogP contribution >= 0.6 is 22.6 Å². The summed E-state index contributed by atoms with van der Waals surface area (Å²) in [4.78, 5) is 0. The van der Waals surface area contributed by atoms with Gasteiger partial charge in [-0.25, -0.2) is 0 Å². The highest BCUT2D eigenvalue weighted by atomic mass is 127. The maximum Gasteiger partial charge on any atom is 0.0223 e. The Bertz CT molecular complexity index is 509. The molecule has 1 heteroatoms. The van der Waals surface area contributed by atoms with E-state index in [4.69, 9.17) is 0 Å². The van der Waals surface area contributed by atoms with E-state index < -0.39 is 0 Å². The monoisotopic (exact) mass is 410 g/mol. The first-order valence-electron chi connectivity index (χ1n) is 9.31. The summed E-state index contributed by atoms with van der Waals surface area (Å²) in [5.74, 6) is 0. The largest absolute Gasteiger partial charge is 0.0789 e. The van der Waals surface area contributed by atoms with E-state index in [1.54, 1.807) is 11.1 Å². The molecule has 0 amide bonds. The van der Waals surface area contributed by atoms with Crippen LogP contribution in [-0.4, -0.2) is 3.42 Å². The molecule has 122 valence electrons. The normalized spacial score (nSPS) is 20.9. The second-order valence-corrected chi connectivity index (χ2v) is 10.3. The van der Waals surface area contributed by atoms with Crippen LogP contribution < -0.4 is 0 Å². The third kappa shape index (κ3) is 4.72. The number of hydrogen-bond donors (Lipinski definition) is 0. The van der Waals surface area contributed by atoms with Crippen LogP contribution in [-0.2, 0) is 12.8 Å². The summed E-state index contributed by atoms with van der Waals surface area (Å²) in [6.45, 7) is 4.64. The zero-order valence-corrected chi connectivity index (χ0v) is 16.5. The lowest BCUT2D eigenvalue weighted by molar-refractivity contribution is 0.434. The summed E-state index contributed by atoms with van der Waals surface area (Å²) in [6, 6.07) is 7.31. The van der Waals surface area contributed by atoms with E-state index in [9.17, 15) is 0 Å². The highest BCUT2D eigenvalue weighted by Gasteiger charge is 2.39. The minimum absolute atomic E-state index is 0.684. The first-order valence-corrected chi connectivity index (χ1v) is 10.4. The summed E-state index contributed by atoms with van der Waals surface area (Å²) < 4.78 is 0.684. The molecule has 0 radical (unpaired) electrons. The van der Waals surface area contributed by atoms with Gasteiger partial charge in [0.1, 0.15) is 0 Å². The number of alkyl halides is 1. The first-order chi connectivity index (χ1) is 10.5. The van der Waals surface area contributed by atoms with Crippen molar-refractivity contribution >= 4 is 22.6 Å². The zero-order chi connectivity index (χ0) is 15.6. The lowest BCUT2D eigenvalue weighted by atomic mass is 9.93. The SMILES string of the molecule is CCC1(CCCc2cc(C)cc(CCCC3(I)CC3)c2)CC1. The number of rotatable bonds is 9. The Hall–Kier alpha value is -0.0500. The molecule has 0 N–H and O–H groups in total. The van der Waals surface area contributed by atoms with Crippen LogP contribution in [0.15, 0.2) is 18.2 Å². The lowest BCUT2D eigenvalue weighted by Crippen LogP contribution is -2.00. The molecule has 2 aliphatic carbocycles. The van der Waals surface area contributed by atoms with Gasteiger partial charge in [-0.3, -0.25) is 0 Å². The van der Waals surface area contributed by atoms with Crippen LogP contribution in [0.25, 0.3) is 0 Å². The summed E-state index contributed by atoms with van der Waals surface area (Å²) >= 11 is 2.68. The van der Waals surface area contributed by atoms with Gasteiger partial charge in [0.15, 0.2) is 0 Å². The van der Waals surface area contributed by atoms with Crippen molar-refractivity contribution in [3.63, 3.8) is 0 Å². The molecule has 2 saturated carbocycles. The van der Waals surface area contributed by atoms with Gasteiger partial charge in [-0.05, 0) is 87.7 Å². The van der Waals surface area contributed by atoms with E-state index in [0.29, 0.717) is 3.42 Å². The quantitative estimate of drug-likeness (QED) is 0.310. The van der Waals surface area contributed by atoms with Gasteiger partial charge in [-0.1, -0.05) is 59.7 Å². The van der Waals surface area contributed by atoms with Crippen molar-refractivity contribution < 1.29 is 0 Å². The molecular formula is C21H31I. The molecular weight excluding hydrogens is 379 g/mol. The Morgan fingerprint density at radius 2 is 1.50 bits per heavy atom. The second kappa shape index (κ2) is 6.83. The molecule has 3 rings (SSSR count). The molecule has 1 aromatic carbocycles. The van der Waals surface area contributed by atoms with Crippen LogP contribution in [0.3, 0.4) is 0 Å². The molecule has 1 aromatic rings. The molecule has 0 spiro atoms. The average Bonchev–Trinajstić information content (AvgIpc) is 3.38. The Labute approximate surface area is 150 Å². The first kappa shape index (κ1) is 16.8. The fourth-order valence-electron chi connectivity index (χ4n) is 3.86. The molecule has 0 bridgehead atoms. The van der Waals surface area contributed by atoms with Gasteiger partial charge in [0.25, 0.3) is 0 Å². The Balaban J connectivity index is 1.48. The summed E-state index contributed by atoms with van der Waals surface area (Å²) in [7, 11) is 0. The second-order valence-electron chi connectivity index (χ2n) is 8.04. The van der Waals surface area contributed by atoms with Crippen LogP contribution in [0, 0.1) is 12.3 Å². The molecule has 0 atom stereocenters. The number of hydrogen-bond acceptors (Lipinski definition) is 0. The molecule has 0 nitrogen and oxygen atoms in total. The summed E-state index contributed by atoms with van der Waals surface area (Å²) in [5, 5.41) is 0. The smallest absolute Gasteiger partial charge is 0.0223 e. The van der Waals surface area contributed by atoms with Crippen molar-refractivity contribution in [2.45, 2.75) is 87.9 Å². The van der Waals surface area contributed by atoms with Crippen molar-refractivity contribution in [3.8, 4) is 0 Å². The van der Waals surface area contributed by atoms with E-state index in [0.717, 1.165) is 5.41 Å². The zero-order valence-electron chi connectivity index (χ0n) is 14.4. The predicted molar refractivity (Wildman–Crippen MR) is 105 cm³/mol. The maximum absolute atomic E-state index is 2.68. The molecule has 0 unspecified atom stereocenters. The van der Waals surface area contributed by atoms with Crippen LogP contribution in [0.4, 0.5) is 0 Å².